The third-order valence-electron chi connectivity index (χ3n) is 3.02. The first-order chi connectivity index (χ1) is 9.54. The Labute approximate surface area is 131 Å². The number of halogens is 3. The lowest BCUT2D eigenvalue weighted by Gasteiger charge is -2.19. The van der Waals surface area contributed by atoms with Crippen LogP contribution >= 0.6 is 27.5 Å². The van der Waals surface area contributed by atoms with Gasteiger partial charge >= 0.3 is 0 Å². The molecule has 1 N–H and O–H groups in total. The first-order valence-corrected chi connectivity index (χ1v) is 7.51. The van der Waals surface area contributed by atoms with Gasteiger partial charge in [0.05, 0.1) is 16.8 Å². The lowest BCUT2D eigenvalue weighted by molar-refractivity contribution is 0.551. The van der Waals surface area contributed by atoms with E-state index in [1.54, 1.807) is 18.3 Å². The van der Waals surface area contributed by atoms with E-state index in [-0.39, 0.29) is 11.1 Å². The average Bonchev–Trinajstić information content (AvgIpc) is 2.43. The van der Waals surface area contributed by atoms with Gasteiger partial charge in [0, 0.05) is 16.2 Å². The molecule has 2 rings (SSSR count). The third-order valence-corrected chi connectivity index (χ3v) is 4.28. The first kappa shape index (κ1) is 15.4. The van der Waals surface area contributed by atoms with Crippen LogP contribution in [0.4, 0.5) is 4.39 Å². The zero-order valence-electron chi connectivity index (χ0n) is 11.3. The van der Waals surface area contributed by atoms with Crippen molar-refractivity contribution in [3.63, 3.8) is 0 Å². The molecule has 1 aromatic heterocycles. The summed E-state index contributed by atoms with van der Waals surface area (Å²) in [6.45, 7) is 4.66. The van der Waals surface area contributed by atoms with Crippen LogP contribution in [0, 0.1) is 12.7 Å². The molecule has 0 aliphatic carbocycles. The van der Waals surface area contributed by atoms with E-state index in [0.29, 0.717) is 16.6 Å². The van der Waals surface area contributed by atoms with Gasteiger partial charge in [-0.15, -0.1) is 0 Å². The Morgan fingerprint density at radius 1 is 1.40 bits per heavy atom. The molecule has 0 spiro atoms. The summed E-state index contributed by atoms with van der Waals surface area (Å²) in [6, 6.07) is 7.02. The summed E-state index contributed by atoms with van der Waals surface area (Å²) in [4.78, 5) is 4.34. The number of hydrogen-bond donors (Lipinski definition) is 1. The molecule has 20 heavy (non-hydrogen) atoms. The standard InChI is InChI=1S/C15H15BrClFN2/c1-3-19-15(12-8-9(2)6-7-20-12)10-4-5-11(16)13(17)14(10)18/h4-8,15,19H,3H2,1-2H3. The van der Waals surface area contributed by atoms with Gasteiger partial charge in [0.1, 0.15) is 5.82 Å². The van der Waals surface area contributed by atoms with Gasteiger partial charge in [-0.3, -0.25) is 4.98 Å². The molecule has 1 heterocycles. The molecule has 2 aromatic rings. The van der Waals surface area contributed by atoms with Gasteiger partial charge in [0.2, 0.25) is 0 Å². The number of pyridine rings is 1. The van der Waals surface area contributed by atoms with Gasteiger partial charge in [0.25, 0.3) is 0 Å². The van der Waals surface area contributed by atoms with Crippen LogP contribution in [0.3, 0.4) is 0 Å². The number of aryl methyl sites for hydroxylation is 1. The first-order valence-electron chi connectivity index (χ1n) is 6.34. The van der Waals surface area contributed by atoms with Crippen LogP contribution < -0.4 is 5.32 Å². The van der Waals surface area contributed by atoms with Gasteiger partial charge in [-0.2, -0.15) is 0 Å². The van der Waals surface area contributed by atoms with E-state index >= 15 is 0 Å². The lowest BCUT2D eigenvalue weighted by atomic mass is 10.0. The fourth-order valence-electron chi connectivity index (χ4n) is 2.06. The Morgan fingerprint density at radius 2 is 2.15 bits per heavy atom. The highest BCUT2D eigenvalue weighted by Crippen LogP contribution is 2.32. The Bertz CT molecular complexity index is 619. The average molecular weight is 358 g/mol. The highest BCUT2D eigenvalue weighted by molar-refractivity contribution is 9.10. The van der Waals surface area contributed by atoms with Crippen LogP contribution in [0.2, 0.25) is 5.02 Å². The molecule has 1 atom stereocenters. The van der Waals surface area contributed by atoms with Gasteiger partial charge in [-0.1, -0.05) is 24.6 Å². The maximum absolute atomic E-state index is 14.4. The van der Waals surface area contributed by atoms with Crippen molar-refractivity contribution < 1.29 is 4.39 Å². The van der Waals surface area contributed by atoms with Gasteiger partial charge < -0.3 is 5.32 Å². The topological polar surface area (TPSA) is 24.9 Å². The van der Waals surface area contributed by atoms with E-state index in [2.05, 4.69) is 26.2 Å². The number of hydrogen-bond acceptors (Lipinski definition) is 2. The zero-order chi connectivity index (χ0) is 14.7. The fourth-order valence-corrected chi connectivity index (χ4v) is 2.54. The summed E-state index contributed by atoms with van der Waals surface area (Å²) in [5, 5.41) is 3.35. The minimum Gasteiger partial charge on any atom is -0.305 e. The number of aromatic nitrogens is 1. The van der Waals surface area contributed by atoms with Crippen molar-refractivity contribution in [1.82, 2.24) is 10.3 Å². The summed E-state index contributed by atoms with van der Waals surface area (Å²) in [5.41, 5.74) is 2.36. The smallest absolute Gasteiger partial charge is 0.148 e. The SMILES string of the molecule is CCNC(c1cc(C)ccn1)c1ccc(Br)c(Cl)c1F. The number of nitrogens with zero attached hydrogens (tertiary/aromatic N) is 1. The third kappa shape index (κ3) is 3.19. The van der Waals surface area contributed by atoms with Crippen LogP contribution in [0.15, 0.2) is 34.9 Å². The molecule has 0 saturated carbocycles. The van der Waals surface area contributed by atoms with Crippen molar-refractivity contribution in [2.45, 2.75) is 19.9 Å². The molecule has 0 aliphatic heterocycles. The van der Waals surface area contributed by atoms with Crippen molar-refractivity contribution in [3.8, 4) is 0 Å². The van der Waals surface area contributed by atoms with E-state index in [9.17, 15) is 4.39 Å². The molecule has 106 valence electrons. The maximum atomic E-state index is 14.4. The fraction of sp³-hybridized carbons (Fsp3) is 0.267. The van der Waals surface area contributed by atoms with Crippen LogP contribution in [0.5, 0.6) is 0 Å². The van der Waals surface area contributed by atoms with Crippen LogP contribution in [0.25, 0.3) is 0 Å². The summed E-state index contributed by atoms with van der Waals surface area (Å²) < 4.78 is 14.9. The Hall–Kier alpha value is -0.970. The van der Waals surface area contributed by atoms with Crippen molar-refractivity contribution in [2.24, 2.45) is 0 Å². The Kier molecular flexibility index (Phi) is 5.13. The highest BCUT2D eigenvalue weighted by Gasteiger charge is 2.21. The van der Waals surface area contributed by atoms with Gasteiger partial charge in [-0.25, -0.2) is 4.39 Å². The van der Waals surface area contributed by atoms with Crippen molar-refractivity contribution in [3.05, 3.63) is 62.6 Å². The maximum Gasteiger partial charge on any atom is 0.148 e. The van der Waals surface area contributed by atoms with E-state index < -0.39 is 5.82 Å². The molecular weight excluding hydrogens is 343 g/mol. The summed E-state index contributed by atoms with van der Waals surface area (Å²) in [5.74, 6) is -0.421. The highest BCUT2D eigenvalue weighted by atomic mass is 79.9. The monoisotopic (exact) mass is 356 g/mol. The zero-order valence-corrected chi connectivity index (χ0v) is 13.6. The number of rotatable bonds is 4. The van der Waals surface area contributed by atoms with E-state index in [1.807, 2.05) is 26.0 Å². The quantitative estimate of drug-likeness (QED) is 0.806. The minimum absolute atomic E-state index is 0.0954. The van der Waals surface area contributed by atoms with Crippen molar-refractivity contribution >= 4 is 27.5 Å². The van der Waals surface area contributed by atoms with E-state index in [4.69, 9.17) is 11.6 Å². The second kappa shape index (κ2) is 6.66. The summed E-state index contributed by atoms with van der Waals surface area (Å²) in [7, 11) is 0. The minimum atomic E-state index is -0.421. The Morgan fingerprint density at radius 3 is 2.80 bits per heavy atom. The lowest BCUT2D eigenvalue weighted by Crippen LogP contribution is -2.24. The largest absolute Gasteiger partial charge is 0.305 e. The van der Waals surface area contributed by atoms with Crippen LogP contribution in [0.1, 0.15) is 29.8 Å². The van der Waals surface area contributed by atoms with E-state index in [1.165, 1.54) is 0 Å². The predicted molar refractivity (Wildman–Crippen MR) is 83.6 cm³/mol. The summed E-state index contributed by atoms with van der Waals surface area (Å²) in [6.07, 6.45) is 1.73. The van der Waals surface area contributed by atoms with Crippen molar-refractivity contribution in [2.75, 3.05) is 6.54 Å². The Balaban J connectivity index is 2.51. The second-order valence-electron chi connectivity index (χ2n) is 4.51. The normalized spacial score (nSPS) is 12.4. The molecular formula is C15H15BrClFN2. The van der Waals surface area contributed by atoms with E-state index in [0.717, 1.165) is 11.3 Å². The van der Waals surface area contributed by atoms with Crippen LogP contribution in [-0.4, -0.2) is 11.5 Å². The van der Waals surface area contributed by atoms with Crippen LogP contribution in [-0.2, 0) is 0 Å². The molecule has 1 unspecified atom stereocenters. The molecule has 0 amide bonds. The van der Waals surface area contributed by atoms with Gasteiger partial charge in [-0.05, 0) is 53.2 Å². The molecule has 2 nitrogen and oxygen atoms in total. The van der Waals surface area contributed by atoms with Gasteiger partial charge in [0.15, 0.2) is 0 Å². The molecule has 5 heteroatoms. The molecule has 0 fully saturated rings. The predicted octanol–water partition coefficient (Wildman–Crippen LogP) is 4.64. The molecule has 0 saturated heterocycles. The number of nitrogens with one attached hydrogen (secondary N) is 1. The molecule has 0 bridgehead atoms. The summed E-state index contributed by atoms with van der Waals surface area (Å²) >= 11 is 9.20. The second-order valence-corrected chi connectivity index (χ2v) is 5.75. The molecule has 1 aromatic carbocycles. The number of benzene rings is 1. The van der Waals surface area contributed by atoms with Crippen molar-refractivity contribution in [1.29, 1.82) is 0 Å². The molecule has 0 radical (unpaired) electrons. The molecule has 0 aliphatic rings.